The molecule has 1 saturated carbocycles. The summed E-state index contributed by atoms with van der Waals surface area (Å²) in [5.74, 6) is 1.91. The molecule has 1 aliphatic carbocycles. The molecule has 2 rings (SSSR count). The van der Waals surface area contributed by atoms with Crippen LogP contribution in [0.25, 0.3) is 0 Å². The van der Waals surface area contributed by atoms with Gasteiger partial charge in [0.25, 0.3) is 0 Å². The quantitative estimate of drug-likeness (QED) is 0.768. The Hall–Kier alpha value is -0.840. The van der Waals surface area contributed by atoms with Gasteiger partial charge in [-0.05, 0) is 44.7 Å². The Kier molecular flexibility index (Phi) is 5.64. The van der Waals surface area contributed by atoms with Gasteiger partial charge in [-0.3, -0.25) is 4.90 Å². The summed E-state index contributed by atoms with van der Waals surface area (Å²) in [5, 5.41) is 9.16. The van der Waals surface area contributed by atoms with Crippen molar-refractivity contribution >= 4 is 0 Å². The van der Waals surface area contributed by atoms with Crippen LogP contribution in [0.4, 0.5) is 0 Å². The van der Waals surface area contributed by atoms with Crippen LogP contribution in [0.2, 0.25) is 0 Å². The van der Waals surface area contributed by atoms with Gasteiger partial charge < -0.3 is 15.3 Å². The zero-order valence-electron chi connectivity index (χ0n) is 12.7. The van der Waals surface area contributed by atoms with Crippen LogP contribution in [0.5, 0.6) is 0 Å². The molecule has 4 heteroatoms. The molecule has 4 nitrogen and oxygen atoms in total. The third-order valence-electron chi connectivity index (χ3n) is 4.41. The van der Waals surface area contributed by atoms with E-state index < -0.39 is 0 Å². The molecule has 114 valence electrons. The van der Waals surface area contributed by atoms with Crippen LogP contribution in [0, 0.1) is 6.92 Å². The first-order chi connectivity index (χ1) is 9.67. The van der Waals surface area contributed by atoms with E-state index in [0.717, 1.165) is 30.9 Å². The van der Waals surface area contributed by atoms with Gasteiger partial charge in [-0.25, -0.2) is 0 Å². The van der Waals surface area contributed by atoms with Crippen LogP contribution < -0.4 is 5.73 Å². The molecule has 3 N–H and O–H groups in total. The average molecular weight is 280 g/mol. The first-order valence-electron chi connectivity index (χ1n) is 7.85. The van der Waals surface area contributed by atoms with Gasteiger partial charge in [0.15, 0.2) is 0 Å². The minimum absolute atomic E-state index is 0.0693. The second kappa shape index (κ2) is 7.25. The number of aliphatic hydroxyl groups is 1. The SMILES string of the molecule is CCC(N)C(c1ccc(C)o1)N(CCCO)C1CCC1. The molecule has 1 aliphatic rings. The molecular weight excluding hydrogens is 252 g/mol. The number of hydrogen-bond donors (Lipinski definition) is 2. The number of aryl methyl sites for hydroxylation is 1. The van der Waals surface area contributed by atoms with Crippen LogP contribution in [0.1, 0.15) is 56.6 Å². The van der Waals surface area contributed by atoms with Gasteiger partial charge in [-0.2, -0.15) is 0 Å². The summed E-state index contributed by atoms with van der Waals surface area (Å²) in [4.78, 5) is 2.46. The van der Waals surface area contributed by atoms with Gasteiger partial charge in [-0.1, -0.05) is 13.3 Å². The third-order valence-corrected chi connectivity index (χ3v) is 4.41. The Bertz CT molecular complexity index is 401. The highest BCUT2D eigenvalue weighted by Crippen LogP contribution is 2.35. The summed E-state index contributed by atoms with van der Waals surface area (Å²) in [6.45, 7) is 5.21. The highest BCUT2D eigenvalue weighted by molar-refractivity contribution is 5.13. The van der Waals surface area contributed by atoms with E-state index in [4.69, 9.17) is 15.3 Å². The smallest absolute Gasteiger partial charge is 0.122 e. The lowest BCUT2D eigenvalue weighted by Gasteiger charge is -2.43. The molecule has 0 aromatic carbocycles. The summed E-state index contributed by atoms with van der Waals surface area (Å²) in [6, 6.07) is 4.86. The Morgan fingerprint density at radius 3 is 2.65 bits per heavy atom. The van der Waals surface area contributed by atoms with E-state index in [1.807, 2.05) is 13.0 Å². The molecule has 1 fully saturated rings. The maximum atomic E-state index is 9.16. The monoisotopic (exact) mass is 280 g/mol. The van der Waals surface area contributed by atoms with Gasteiger partial charge in [0.2, 0.25) is 0 Å². The fraction of sp³-hybridized carbons (Fsp3) is 0.750. The van der Waals surface area contributed by atoms with Crippen molar-refractivity contribution < 1.29 is 9.52 Å². The van der Waals surface area contributed by atoms with E-state index >= 15 is 0 Å². The van der Waals surface area contributed by atoms with Crippen molar-refractivity contribution in [2.45, 2.75) is 64.1 Å². The molecule has 2 unspecified atom stereocenters. The van der Waals surface area contributed by atoms with Crippen molar-refractivity contribution in [3.8, 4) is 0 Å². The molecule has 1 aromatic heterocycles. The van der Waals surface area contributed by atoms with Gasteiger partial charge in [0.1, 0.15) is 11.5 Å². The van der Waals surface area contributed by atoms with E-state index in [1.54, 1.807) is 0 Å². The first kappa shape index (κ1) is 15.5. The molecule has 0 spiro atoms. The van der Waals surface area contributed by atoms with Crippen LogP contribution in [-0.2, 0) is 0 Å². The van der Waals surface area contributed by atoms with Crippen molar-refractivity contribution in [1.82, 2.24) is 4.90 Å². The molecule has 1 heterocycles. The van der Waals surface area contributed by atoms with Crippen molar-refractivity contribution in [3.05, 3.63) is 23.7 Å². The molecule has 0 amide bonds. The lowest BCUT2D eigenvalue weighted by molar-refractivity contribution is 0.0473. The van der Waals surface area contributed by atoms with Gasteiger partial charge in [-0.15, -0.1) is 0 Å². The lowest BCUT2D eigenvalue weighted by Crippen LogP contribution is -2.49. The largest absolute Gasteiger partial charge is 0.465 e. The number of nitrogens with two attached hydrogens (primary N) is 1. The topological polar surface area (TPSA) is 62.6 Å². The zero-order chi connectivity index (χ0) is 14.5. The fourth-order valence-electron chi connectivity index (χ4n) is 2.98. The minimum Gasteiger partial charge on any atom is -0.465 e. The molecule has 0 radical (unpaired) electrons. The Labute approximate surface area is 121 Å². The van der Waals surface area contributed by atoms with E-state index in [9.17, 15) is 0 Å². The lowest BCUT2D eigenvalue weighted by atomic mass is 9.88. The Balaban J connectivity index is 2.21. The summed E-state index contributed by atoms with van der Waals surface area (Å²) < 4.78 is 5.86. The molecule has 2 atom stereocenters. The van der Waals surface area contributed by atoms with Crippen molar-refractivity contribution in [2.75, 3.05) is 13.2 Å². The Morgan fingerprint density at radius 2 is 2.20 bits per heavy atom. The summed E-state index contributed by atoms with van der Waals surface area (Å²) in [6.07, 6.45) is 5.48. The molecular formula is C16H28N2O2. The average Bonchev–Trinajstić information content (AvgIpc) is 2.80. The second-order valence-corrected chi connectivity index (χ2v) is 5.87. The zero-order valence-corrected chi connectivity index (χ0v) is 12.7. The highest BCUT2D eigenvalue weighted by atomic mass is 16.3. The summed E-state index contributed by atoms with van der Waals surface area (Å²) in [7, 11) is 0. The van der Waals surface area contributed by atoms with Crippen molar-refractivity contribution in [2.24, 2.45) is 5.73 Å². The minimum atomic E-state index is 0.0693. The molecule has 0 saturated heterocycles. The summed E-state index contributed by atoms with van der Waals surface area (Å²) >= 11 is 0. The second-order valence-electron chi connectivity index (χ2n) is 5.87. The normalized spacial score (nSPS) is 19.1. The van der Waals surface area contributed by atoms with Crippen LogP contribution >= 0.6 is 0 Å². The van der Waals surface area contributed by atoms with E-state index in [0.29, 0.717) is 6.04 Å². The standard InChI is InChI=1S/C16H28N2O2/c1-3-14(17)16(15-9-8-12(2)20-15)18(10-5-11-19)13-6-4-7-13/h8-9,13-14,16,19H,3-7,10-11,17H2,1-2H3. The van der Waals surface area contributed by atoms with E-state index in [2.05, 4.69) is 17.9 Å². The predicted octanol–water partition coefficient (Wildman–Crippen LogP) is 2.60. The van der Waals surface area contributed by atoms with Crippen molar-refractivity contribution in [3.63, 3.8) is 0 Å². The van der Waals surface area contributed by atoms with E-state index in [1.165, 1.54) is 19.3 Å². The van der Waals surface area contributed by atoms with Gasteiger partial charge in [0.05, 0.1) is 6.04 Å². The van der Waals surface area contributed by atoms with Crippen LogP contribution in [0.15, 0.2) is 16.5 Å². The molecule has 0 aliphatic heterocycles. The number of rotatable bonds is 8. The highest BCUT2D eigenvalue weighted by Gasteiger charge is 2.35. The molecule has 1 aromatic rings. The predicted molar refractivity (Wildman–Crippen MR) is 80.5 cm³/mol. The third kappa shape index (κ3) is 3.43. The molecule has 20 heavy (non-hydrogen) atoms. The number of nitrogens with zero attached hydrogens (tertiary/aromatic N) is 1. The van der Waals surface area contributed by atoms with Crippen molar-refractivity contribution in [1.29, 1.82) is 0 Å². The maximum Gasteiger partial charge on any atom is 0.122 e. The van der Waals surface area contributed by atoms with Crippen LogP contribution in [0.3, 0.4) is 0 Å². The number of aliphatic hydroxyl groups excluding tert-OH is 1. The molecule has 0 bridgehead atoms. The summed E-state index contributed by atoms with van der Waals surface area (Å²) in [5.41, 5.74) is 6.38. The van der Waals surface area contributed by atoms with Gasteiger partial charge >= 0.3 is 0 Å². The van der Waals surface area contributed by atoms with Gasteiger partial charge in [0, 0.05) is 25.2 Å². The first-order valence-corrected chi connectivity index (χ1v) is 7.85. The number of furan rings is 1. The maximum absolute atomic E-state index is 9.16. The fourth-order valence-corrected chi connectivity index (χ4v) is 2.98. The van der Waals surface area contributed by atoms with E-state index in [-0.39, 0.29) is 18.7 Å². The Morgan fingerprint density at radius 1 is 1.45 bits per heavy atom. The van der Waals surface area contributed by atoms with Crippen LogP contribution in [-0.4, -0.2) is 35.2 Å². The number of hydrogen-bond acceptors (Lipinski definition) is 4.